The summed E-state index contributed by atoms with van der Waals surface area (Å²) in [7, 11) is 1.31. The van der Waals surface area contributed by atoms with E-state index in [0.29, 0.717) is 24.7 Å². The highest BCUT2D eigenvalue weighted by Gasteiger charge is 2.23. The highest BCUT2D eigenvalue weighted by atomic mass is 16.5. The average Bonchev–Trinajstić information content (AvgIpc) is 3.10. The molecule has 0 saturated carbocycles. The van der Waals surface area contributed by atoms with Gasteiger partial charge < -0.3 is 14.8 Å². The van der Waals surface area contributed by atoms with Gasteiger partial charge in [0.2, 0.25) is 0 Å². The fraction of sp³-hybridized carbons (Fsp3) is 0.357. The largest absolute Gasteiger partial charge is 0.464 e. The van der Waals surface area contributed by atoms with Crippen molar-refractivity contribution in [3.05, 3.63) is 36.3 Å². The maximum absolute atomic E-state index is 12.0. The van der Waals surface area contributed by atoms with Crippen LogP contribution < -0.4 is 5.32 Å². The third kappa shape index (κ3) is 3.01. The Morgan fingerprint density at radius 3 is 2.86 bits per heavy atom. The molecule has 22 heavy (non-hydrogen) atoms. The van der Waals surface area contributed by atoms with E-state index < -0.39 is 5.97 Å². The Morgan fingerprint density at radius 2 is 2.18 bits per heavy atom. The number of aromatic nitrogens is 4. The molecule has 2 aromatic heterocycles. The molecule has 0 aromatic carbocycles. The van der Waals surface area contributed by atoms with Crippen molar-refractivity contribution in [3.8, 4) is 0 Å². The normalized spacial score (nSPS) is 17.2. The van der Waals surface area contributed by atoms with Gasteiger partial charge in [0.1, 0.15) is 6.33 Å². The number of carbonyl (C=O) groups excluding carboxylic acids is 1. The van der Waals surface area contributed by atoms with Crippen LogP contribution in [0.4, 0.5) is 11.5 Å². The molecule has 3 rings (SSSR count). The lowest BCUT2D eigenvalue weighted by Crippen LogP contribution is -2.13. The maximum atomic E-state index is 12.0. The smallest absolute Gasteiger partial charge is 0.360 e. The fourth-order valence-electron chi connectivity index (χ4n) is 2.20. The summed E-state index contributed by atoms with van der Waals surface area (Å²) < 4.78 is 10.1. The molecule has 3 heterocycles. The lowest BCUT2D eigenvalue weighted by molar-refractivity contribution is 0.0594. The van der Waals surface area contributed by atoms with Gasteiger partial charge in [-0.3, -0.25) is 0 Å². The van der Waals surface area contributed by atoms with E-state index in [1.165, 1.54) is 13.4 Å². The van der Waals surface area contributed by atoms with E-state index in [1.54, 1.807) is 18.6 Å². The van der Waals surface area contributed by atoms with Gasteiger partial charge in [0.25, 0.3) is 0 Å². The van der Waals surface area contributed by atoms with E-state index in [0.717, 1.165) is 12.1 Å². The summed E-state index contributed by atoms with van der Waals surface area (Å²) in [5, 5.41) is 2.97. The zero-order valence-corrected chi connectivity index (χ0v) is 12.0. The van der Waals surface area contributed by atoms with Gasteiger partial charge in [-0.15, -0.1) is 0 Å². The Labute approximate surface area is 126 Å². The van der Waals surface area contributed by atoms with Crippen LogP contribution in [0.3, 0.4) is 0 Å². The monoisotopic (exact) mass is 301 g/mol. The van der Waals surface area contributed by atoms with Crippen molar-refractivity contribution in [2.24, 2.45) is 0 Å². The van der Waals surface area contributed by atoms with Gasteiger partial charge in [-0.1, -0.05) is 0 Å². The van der Waals surface area contributed by atoms with Gasteiger partial charge >= 0.3 is 5.97 Å². The molecule has 1 aliphatic heterocycles. The molecule has 1 unspecified atom stereocenters. The van der Waals surface area contributed by atoms with Crippen molar-refractivity contribution >= 4 is 17.5 Å². The Hall–Kier alpha value is -2.61. The molecule has 1 N–H and O–H groups in total. The first-order valence-electron chi connectivity index (χ1n) is 6.83. The van der Waals surface area contributed by atoms with Gasteiger partial charge in [-0.2, -0.15) is 0 Å². The minimum absolute atomic E-state index is 0.135. The molecule has 1 aliphatic rings. The SMILES string of the molecule is COC(=O)c1nc(C2CCOC2)cnc1Nc1cncnc1. The number of hydrogen-bond donors (Lipinski definition) is 1. The minimum Gasteiger partial charge on any atom is -0.464 e. The van der Waals surface area contributed by atoms with Crippen LogP contribution in [-0.4, -0.2) is 46.2 Å². The molecule has 0 radical (unpaired) electrons. The first-order valence-corrected chi connectivity index (χ1v) is 6.83. The molecular formula is C14H15N5O3. The van der Waals surface area contributed by atoms with Crippen LogP contribution >= 0.6 is 0 Å². The molecular weight excluding hydrogens is 286 g/mol. The van der Waals surface area contributed by atoms with E-state index in [2.05, 4.69) is 25.3 Å². The van der Waals surface area contributed by atoms with Crippen LogP contribution in [0.5, 0.6) is 0 Å². The molecule has 2 aromatic rings. The predicted molar refractivity (Wildman–Crippen MR) is 76.9 cm³/mol. The summed E-state index contributed by atoms with van der Waals surface area (Å²) in [5.74, 6) is -0.0815. The summed E-state index contributed by atoms with van der Waals surface area (Å²) in [6, 6.07) is 0. The Bertz CT molecular complexity index is 659. The molecule has 0 amide bonds. The third-order valence-electron chi connectivity index (χ3n) is 3.34. The predicted octanol–water partition coefficient (Wildman–Crippen LogP) is 1.30. The Kier molecular flexibility index (Phi) is 4.19. The molecule has 0 aliphatic carbocycles. The van der Waals surface area contributed by atoms with Gasteiger partial charge in [-0.25, -0.2) is 24.7 Å². The van der Waals surface area contributed by atoms with Crippen LogP contribution in [0.15, 0.2) is 24.9 Å². The van der Waals surface area contributed by atoms with Crippen LogP contribution in [0.2, 0.25) is 0 Å². The fourth-order valence-corrected chi connectivity index (χ4v) is 2.20. The molecule has 0 bridgehead atoms. The molecule has 8 nitrogen and oxygen atoms in total. The number of anilines is 2. The number of nitrogens with one attached hydrogen (secondary N) is 1. The first-order chi connectivity index (χ1) is 10.8. The lowest BCUT2D eigenvalue weighted by atomic mass is 10.1. The third-order valence-corrected chi connectivity index (χ3v) is 3.34. The second-order valence-electron chi connectivity index (χ2n) is 4.80. The average molecular weight is 301 g/mol. The second-order valence-corrected chi connectivity index (χ2v) is 4.80. The van der Waals surface area contributed by atoms with Crippen LogP contribution in [0.1, 0.15) is 28.5 Å². The quantitative estimate of drug-likeness (QED) is 0.844. The molecule has 1 saturated heterocycles. The zero-order valence-electron chi connectivity index (χ0n) is 12.0. The molecule has 0 spiro atoms. The van der Waals surface area contributed by atoms with E-state index >= 15 is 0 Å². The second kappa shape index (κ2) is 6.44. The summed E-state index contributed by atoms with van der Waals surface area (Å²) in [6.07, 6.45) is 7.09. The molecule has 1 fully saturated rings. The van der Waals surface area contributed by atoms with Crippen molar-refractivity contribution in [1.29, 1.82) is 0 Å². The van der Waals surface area contributed by atoms with E-state index in [9.17, 15) is 4.79 Å². The van der Waals surface area contributed by atoms with Crippen molar-refractivity contribution in [3.63, 3.8) is 0 Å². The van der Waals surface area contributed by atoms with Crippen molar-refractivity contribution < 1.29 is 14.3 Å². The Balaban J connectivity index is 1.92. The van der Waals surface area contributed by atoms with Crippen molar-refractivity contribution in [1.82, 2.24) is 19.9 Å². The topological polar surface area (TPSA) is 99.1 Å². The van der Waals surface area contributed by atoms with Crippen molar-refractivity contribution in [2.75, 3.05) is 25.6 Å². The molecule has 114 valence electrons. The number of carbonyl (C=O) groups is 1. The Morgan fingerprint density at radius 1 is 1.36 bits per heavy atom. The van der Waals surface area contributed by atoms with E-state index in [-0.39, 0.29) is 11.6 Å². The standard InChI is InChI=1S/C14H15N5O3/c1-21-14(20)12-13(18-10-4-15-8-16-5-10)17-6-11(19-12)9-2-3-22-7-9/h4-6,8-9H,2-3,7H2,1H3,(H,17,18). The van der Waals surface area contributed by atoms with Gasteiger partial charge in [0.15, 0.2) is 11.5 Å². The number of esters is 1. The zero-order chi connectivity index (χ0) is 15.4. The number of rotatable bonds is 4. The number of nitrogens with zero attached hydrogens (tertiary/aromatic N) is 4. The summed E-state index contributed by atoms with van der Waals surface area (Å²) in [6.45, 7) is 1.29. The van der Waals surface area contributed by atoms with E-state index in [1.807, 2.05) is 0 Å². The summed E-state index contributed by atoms with van der Waals surface area (Å²) in [4.78, 5) is 28.5. The van der Waals surface area contributed by atoms with Crippen LogP contribution in [0, 0.1) is 0 Å². The highest BCUT2D eigenvalue weighted by molar-refractivity contribution is 5.93. The van der Waals surface area contributed by atoms with Crippen molar-refractivity contribution in [2.45, 2.75) is 12.3 Å². The first kappa shape index (κ1) is 14.3. The summed E-state index contributed by atoms with van der Waals surface area (Å²) in [5.41, 5.74) is 1.47. The van der Waals surface area contributed by atoms with Gasteiger partial charge in [0.05, 0.1) is 43.7 Å². The van der Waals surface area contributed by atoms with Gasteiger partial charge in [-0.05, 0) is 6.42 Å². The van der Waals surface area contributed by atoms with Crippen LogP contribution in [-0.2, 0) is 9.47 Å². The molecule has 1 atom stereocenters. The molecule has 8 heteroatoms. The minimum atomic E-state index is -0.549. The lowest BCUT2D eigenvalue weighted by Gasteiger charge is -2.12. The van der Waals surface area contributed by atoms with Gasteiger partial charge in [0, 0.05) is 12.5 Å². The maximum Gasteiger partial charge on any atom is 0.360 e. The number of ether oxygens (including phenoxy) is 2. The highest BCUT2D eigenvalue weighted by Crippen LogP contribution is 2.25. The summed E-state index contributed by atoms with van der Waals surface area (Å²) >= 11 is 0. The van der Waals surface area contributed by atoms with Crippen LogP contribution in [0.25, 0.3) is 0 Å². The number of methoxy groups -OCH3 is 1. The number of hydrogen-bond acceptors (Lipinski definition) is 8. The van der Waals surface area contributed by atoms with E-state index in [4.69, 9.17) is 9.47 Å².